The molecule has 0 bridgehead atoms. The van der Waals surface area contributed by atoms with Crippen LogP contribution in [0, 0.1) is 0 Å². The molecule has 0 spiro atoms. The van der Waals surface area contributed by atoms with Crippen molar-refractivity contribution in [1.29, 1.82) is 0 Å². The van der Waals surface area contributed by atoms with E-state index in [0.29, 0.717) is 32.7 Å². The number of imidazole rings is 1. The first-order chi connectivity index (χ1) is 16.4. The smallest absolute Gasteiger partial charge is 0.214 e. The molecule has 0 radical (unpaired) electrons. The van der Waals surface area contributed by atoms with E-state index in [-0.39, 0.29) is 0 Å². The van der Waals surface area contributed by atoms with Crippen LogP contribution in [-0.2, 0) is 12.6 Å². The van der Waals surface area contributed by atoms with Gasteiger partial charge in [0.25, 0.3) is 0 Å². The van der Waals surface area contributed by atoms with Crippen LogP contribution in [-0.4, -0.2) is 26.8 Å². The highest BCUT2D eigenvalue weighted by Gasteiger charge is 2.37. The van der Waals surface area contributed by atoms with Crippen LogP contribution in [0.1, 0.15) is 16.8 Å². The Labute approximate surface area is 207 Å². The molecule has 5 aromatic rings. The number of nitrogens with zero attached hydrogens (tertiary/aromatic N) is 3. The van der Waals surface area contributed by atoms with E-state index in [1.165, 1.54) is 0 Å². The summed E-state index contributed by atoms with van der Waals surface area (Å²) in [6.07, 6.45) is 3.34. The second-order valence-electron chi connectivity index (χ2n) is 8.06. The molecule has 170 valence electrons. The van der Waals surface area contributed by atoms with Crippen LogP contribution in [0.5, 0.6) is 5.88 Å². The van der Waals surface area contributed by atoms with Crippen molar-refractivity contribution in [3.05, 3.63) is 112 Å². The van der Waals surface area contributed by atoms with Crippen LogP contribution in [0.4, 0.5) is 0 Å². The van der Waals surface area contributed by atoms with Crippen LogP contribution in [0.2, 0.25) is 10.0 Å². The first-order valence-corrected chi connectivity index (χ1v) is 11.4. The molecule has 3 aromatic carbocycles. The number of hydrogen-bond acceptors (Lipinski definition) is 4. The molecule has 0 amide bonds. The number of hydrogen-bond donors (Lipinski definition) is 1. The van der Waals surface area contributed by atoms with Gasteiger partial charge in [0, 0.05) is 28.5 Å². The van der Waals surface area contributed by atoms with Crippen molar-refractivity contribution in [3.8, 4) is 17.0 Å². The second-order valence-corrected chi connectivity index (χ2v) is 8.93. The molecule has 0 saturated carbocycles. The molecule has 1 atom stereocenters. The number of aromatic nitrogens is 3. The van der Waals surface area contributed by atoms with E-state index in [4.69, 9.17) is 27.9 Å². The minimum atomic E-state index is -1.47. The van der Waals surface area contributed by atoms with Gasteiger partial charge in [-0.05, 0) is 58.7 Å². The molecular weight excluding hydrogens is 469 g/mol. The van der Waals surface area contributed by atoms with Crippen molar-refractivity contribution in [2.24, 2.45) is 7.05 Å². The van der Waals surface area contributed by atoms with Crippen LogP contribution < -0.4 is 4.74 Å². The molecular formula is C27H21Cl2N3O2. The summed E-state index contributed by atoms with van der Waals surface area (Å²) < 4.78 is 7.26. The van der Waals surface area contributed by atoms with Gasteiger partial charge in [-0.3, -0.25) is 0 Å². The molecule has 0 saturated heterocycles. The number of fused-ring (bicyclic) bond motifs is 1. The molecule has 0 aliphatic carbocycles. The van der Waals surface area contributed by atoms with Gasteiger partial charge >= 0.3 is 0 Å². The van der Waals surface area contributed by atoms with Crippen molar-refractivity contribution >= 4 is 34.1 Å². The lowest BCUT2D eigenvalue weighted by Gasteiger charge is -2.30. The highest BCUT2D eigenvalue weighted by Crippen LogP contribution is 2.40. The Morgan fingerprint density at radius 1 is 0.882 bits per heavy atom. The maximum atomic E-state index is 12.3. The molecule has 2 heterocycles. The summed E-state index contributed by atoms with van der Waals surface area (Å²) in [4.78, 5) is 8.87. The molecule has 1 N–H and O–H groups in total. The lowest BCUT2D eigenvalue weighted by molar-refractivity contribution is 0.117. The highest BCUT2D eigenvalue weighted by atomic mass is 35.5. The summed E-state index contributed by atoms with van der Waals surface area (Å²) in [5.41, 5.74) is 3.13. The molecule has 5 rings (SSSR count). The zero-order chi connectivity index (χ0) is 23.9. The SMILES string of the molecule is COc1cc(-c2ccc(Cl)cc2)c2cc(C(O)(c3ccc(Cl)cc3)c3cncn3C)ccc2n1. The molecule has 0 aliphatic heterocycles. The number of pyridine rings is 1. The molecule has 0 aliphatic rings. The van der Waals surface area contributed by atoms with E-state index < -0.39 is 5.60 Å². The van der Waals surface area contributed by atoms with E-state index in [1.807, 2.05) is 72.3 Å². The Hall–Kier alpha value is -3.38. The highest BCUT2D eigenvalue weighted by molar-refractivity contribution is 6.30. The van der Waals surface area contributed by atoms with Gasteiger partial charge in [0.1, 0.15) is 0 Å². The van der Waals surface area contributed by atoms with E-state index in [1.54, 1.807) is 31.8 Å². The number of benzene rings is 3. The van der Waals surface area contributed by atoms with Gasteiger partial charge in [0.15, 0.2) is 5.60 Å². The maximum absolute atomic E-state index is 12.3. The second kappa shape index (κ2) is 8.76. The van der Waals surface area contributed by atoms with Crippen LogP contribution in [0.3, 0.4) is 0 Å². The molecule has 5 nitrogen and oxygen atoms in total. The summed E-state index contributed by atoms with van der Waals surface area (Å²) in [6, 6.07) is 22.4. The average Bonchev–Trinajstić information content (AvgIpc) is 3.30. The number of aryl methyl sites for hydroxylation is 1. The fraction of sp³-hybridized carbons (Fsp3) is 0.111. The Morgan fingerprint density at radius 3 is 2.15 bits per heavy atom. The Bertz CT molecular complexity index is 1480. The molecule has 34 heavy (non-hydrogen) atoms. The lowest BCUT2D eigenvalue weighted by atomic mass is 9.82. The number of methoxy groups -OCH3 is 1. The third-order valence-electron chi connectivity index (χ3n) is 6.02. The number of aliphatic hydroxyl groups is 1. The summed E-state index contributed by atoms with van der Waals surface area (Å²) in [7, 11) is 3.45. The first-order valence-electron chi connectivity index (χ1n) is 10.6. The van der Waals surface area contributed by atoms with Gasteiger partial charge in [0.05, 0.1) is 30.8 Å². The summed E-state index contributed by atoms with van der Waals surface area (Å²) in [6.45, 7) is 0. The summed E-state index contributed by atoms with van der Waals surface area (Å²) in [5, 5.41) is 14.4. The van der Waals surface area contributed by atoms with Gasteiger partial charge in [-0.2, -0.15) is 0 Å². The standard InChI is InChI=1S/C27H21Cl2N3O2/c1-32-16-30-15-25(32)27(33,18-5-10-21(29)11-6-18)19-7-12-24-23(13-19)22(14-26(31-24)34-2)17-3-8-20(28)9-4-17/h3-16,33H,1-2H3. The summed E-state index contributed by atoms with van der Waals surface area (Å²) in [5.74, 6) is 0.504. The van der Waals surface area contributed by atoms with Gasteiger partial charge in [0.2, 0.25) is 5.88 Å². The van der Waals surface area contributed by atoms with E-state index >= 15 is 0 Å². The quantitative estimate of drug-likeness (QED) is 0.317. The Balaban J connectivity index is 1.79. The molecule has 7 heteroatoms. The lowest BCUT2D eigenvalue weighted by Crippen LogP contribution is -2.31. The minimum Gasteiger partial charge on any atom is -0.481 e. The van der Waals surface area contributed by atoms with Crippen LogP contribution in [0.25, 0.3) is 22.0 Å². The van der Waals surface area contributed by atoms with Crippen molar-refractivity contribution in [2.75, 3.05) is 7.11 Å². The monoisotopic (exact) mass is 489 g/mol. The van der Waals surface area contributed by atoms with Crippen molar-refractivity contribution in [3.63, 3.8) is 0 Å². The third-order valence-corrected chi connectivity index (χ3v) is 6.52. The fourth-order valence-corrected chi connectivity index (χ4v) is 4.51. The van der Waals surface area contributed by atoms with Gasteiger partial charge in [-0.25, -0.2) is 9.97 Å². The first kappa shape index (κ1) is 22.4. The van der Waals surface area contributed by atoms with Crippen molar-refractivity contribution in [2.45, 2.75) is 5.60 Å². The van der Waals surface area contributed by atoms with Crippen LogP contribution in [0.15, 0.2) is 85.3 Å². The Morgan fingerprint density at radius 2 is 1.53 bits per heavy atom. The van der Waals surface area contributed by atoms with Crippen LogP contribution >= 0.6 is 23.2 Å². The van der Waals surface area contributed by atoms with E-state index in [0.717, 1.165) is 22.0 Å². The summed E-state index contributed by atoms with van der Waals surface area (Å²) >= 11 is 12.3. The maximum Gasteiger partial charge on any atom is 0.214 e. The minimum absolute atomic E-state index is 0.504. The van der Waals surface area contributed by atoms with Gasteiger partial charge in [-0.15, -0.1) is 0 Å². The average molecular weight is 490 g/mol. The predicted octanol–water partition coefficient (Wildman–Crippen LogP) is 6.23. The van der Waals surface area contributed by atoms with E-state index in [9.17, 15) is 5.11 Å². The third kappa shape index (κ3) is 3.82. The van der Waals surface area contributed by atoms with E-state index in [2.05, 4.69) is 9.97 Å². The largest absolute Gasteiger partial charge is 0.481 e. The van der Waals surface area contributed by atoms with Gasteiger partial charge < -0.3 is 14.4 Å². The van der Waals surface area contributed by atoms with Crippen molar-refractivity contribution in [1.82, 2.24) is 14.5 Å². The normalized spacial score (nSPS) is 13.1. The zero-order valence-corrected chi connectivity index (χ0v) is 20.0. The number of halogens is 2. The predicted molar refractivity (Wildman–Crippen MR) is 136 cm³/mol. The fourth-order valence-electron chi connectivity index (χ4n) is 4.26. The van der Waals surface area contributed by atoms with Gasteiger partial charge in [-0.1, -0.05) is 53.5 Å². The zero-order valence-electron chi connectivity index (χ0n) is 18.5. The number of rotatable bonds is 5. The Kier molecular flexibility index (Phi) is 5.78. The topological polar surface area (TPSA) is 60.2 Å². The number of ether oxygens (including phenoxy) is 1. The van der Waals surface area contributed by atoms with Crippen molar-refractivity contribution < 1.29 is 9.84 Å². The molecule has 0 fully saturated rings. The molecule has 2 aromatic heterocycles. The molecule has 1 unspecified atom stereocenters.